The van der Waals surface area contributed by atoms with Crippen molar-refractivity contribution in [3.63, 3.8) is 0 Å². The van der Waals surface area contributed by atoms with Gasteiger partial charge in [0.1, 0.15) is 5.65 Å². The van der Waals surface area contributed by atoms with Crippen LogP contribution in [0.15, 0.2) is 48.8 Å². The van der Waals surface area contributed by atoms with E-state index >= 15 is 0 Å². The van der Waals surface area contributed by atoms with Crippen LogP contribution in [0.1, 0.15) is 11.1 Å². The van der Waals surface area contributed by atoms with Crippen LogP contribution in [-0.2, 0) is 22.3 Å². The first-order valence-electron chi connectivity index (χ1n) is 6.76. The molecule has 22 heavy (non-hydrogen) atoms. The van der Waals surface area contributed by atoms with Crippen molar-refractivity contribution in [1.29, 1.82) is 0 Å². The van der Waals surface area contributed by atoms with Gasteiger partial charge in [-0.05, 0) is 35.4 Å². The van der Waals surface area contributed by atoms with Crippen LogP contribution in [-0.4, -0.2) is 18.4 Å². The maximum Gasteiger partial charge on any atom is 0.216 e. The molecule has 0 unspecified atom stereocenters. The molecule has 0 aliphatic carbocycles. The smallest absolute Gasteiger partial charge is 0.216 e. The van der Waals surface area contributed by atoms with E-state index in [0.717, 1.165) is 16.6 Å². The number of H-pyrrole nitrogens is 1. The number of hydrogen-bond acceptors (Lipinski definition) is 4. The normalized spacial score (nSPS) is 11.8. The molecule has 0 bridgehead atoms. The number of aromatic nitrogens is 2. The lowest BCUT2D eigenvalue weighted by molar-refractivity contribution is 0.580. The third-order valence-corrected chi connectivity index (χ3v) is 4.64. The molecular weight excluding hydrogens is 300 g/mol. The molecule has 114 valence electrons. The van der Waals surface area contributed by atoms with Gasteiger partial charge in [-0.25, -0.2) is 18.1 Å². The second kappa shape index (κ2) is 5.78. The Balaban J connectivity index is 1.73. The highest BCUT2D eigenvalue weighted by molar-refractivity contribution is 7.88. The monoisotopic (exact) mass is 316 g/mol. The fraction of sp³-hybridized carbons (Fsp3) is 0.133. The Morgan fingerprint density at radius 1 is 1.23 bits per heavy atom. The number of nitrogens with one attached hydrogen (secondary N) is 2. The predicted octanol–water partition coefficient (Wildman–Crippen LogP) is 1.76. The summed E-state index contributed by atoms with van der Waals surface area (Å²) < 4.78 is 27.0. The first-order valence-corrected chi connectivity index (χ1v) is 8.41. The number of aromatic amines is 1. The second-order valence-electron chi connectivity index (χ2n) is 5.04. The molecule has 6 nitrogen and oxygen atoms in total. The Hall–Kier alpha value is -2.38. The number of nitrogen functional groups attached to an aromatic ring is 1. The molecular formula is C15H16N4O2S. The van der Waals surface area contributed by atoms with Gasteiger partial charge in [-0.3, -0.25) is 0 Å². The fourth-order valence-electron chi connectivity index (χ4n) is 2.31. The standard InChI is InChI=1S/C15H16N4O2S/c16-13-3-1-2-11(8-13)10-22(20,21)19-9-12-4-6-17-15-14(12)5-7-18-15/h1-8,19H,9-10,16H2,(H,17,18). The van der Waals surface area contributed by atoms with E-state index in [-0.39, 0.29) is 12.3 Å². The van der Waals surface area contributed by atoms with Crippen LogP contribution in [0.4, 0.5) is 5.69 Å². The molecule has 0 saturated carbocycles. The number of rotatable bonds is 5. The number of pyridine rings is 1. The van der Waals surface area contributed by atoms with Gasteiger partial charge in [0.2, 0.25) is 10.0 Å². The van der Waals surface area contributed by atoms with E-state index in [0.29, 0.717) is 11.3 Å². The number of nitrogens with two attached hydrogens (primary N) is 1. The zero-order chi connectivity index (χ0) is 15.6. The maximum absolute atomic E-state index is 12.2. The number of hydrogen-bond donors (Lipinski definition) is 3. The van der Waals surface area contributed by atoms with Gasteiger partial charge < -0.3 is 10.7 Å². The Bertz CT molecular complexity index is 903. The maximum atomic E-state index is 12.2. The fourth-order valence-corrected chi connectivity index (χ4v) is 3.41. The third kappa shape index (κ3) is 3.26. The van der Waals surface area contributed by atoms with E-state index in [1.165, 1.54) is 0 Å². The first kappa shape index (κ1) is 14.6. The molecule has 2 heterocycles. The summed E-state index contributed by atoms with van der Waals surface area (Å²) in [6, 6.07) is 10.6. The van der Waals surface area contributed by atoms with Gasteiger partial charge in [-0.15, -0.1) is 0 Å². The minimum absolute atomic E-state index is 0.0978. The van der Waals surface area contributed by atoms with Crippen molar-refractivity contribution in [2.24, 2.45) is 0 Å². The molecule has 0 aliphatic rings. The van der Waals surface area contributed by atoms with Crippen LogP contribution in [0.3, 0.4) is 0 Å². The number of nitrogens with zero attached hydrogens (tertiary/aromatic N) is 1. The summed E-state index contributed by atoms with van der Waals surface area (Å²) in [7, 11) is -3.44. The van der Waals surface area contributed by atoms with Crippen molar-refractivity contribution >= 4 is 26.7 Å². The van der Waals surface area contributed by atoms with E-state index in [1.54, 1.807) is 42.7 Å². The summed E-state index contributed by atoms with van der Waals surface area (Å²) in [4.78, 5) is 7.18. The highest BCUT2D eigenvalue weighted by atomic mass is 32.2. The van der Waals surface area contributed by atoms with E-state index in [9.17, 15) is 8.42 Å². The lowest BCUT2D eigenvalue weighted by Gasteiger charge is -2.08. The van der Waals surface area contributed by atoms with Gasteiger partial charge in [-0.2, -0.15) is 0 Å². The van der Waals surface area contributed by atoms with Gasteiger partial charge in [0.15, 0.2) is 0 Å². The molecule has 0 saturated heterocycles. The lowest BCUT2D eigenvalue weighted by Crippen LogP contribution is -2.24. The Kier molecular flexibility index (Phi) is 3.82. The molecule has 1 aromatic carbocycles. The quantitative estimate of drug-likeness (QED) is 0.624. The minimum Gasteiger partial charge on any atom is -0.399 e. The highest BCUT2D eigenvalue weighted by Gasteiger charge is 2.12. The Labute approximate surface area is 128 Å². The van der Waals surface area contributed by atoms with Crippen LogP contribution in [0.2, 0.25) is 0 Å². The molecule has 0 atom stereocenters. The Morgan fingerprint density at radius 3 is 2.91 bits per heavy atom. The lowest BCUT2D eigenvalue weighted by atomic mass is 10.2. The van der Waals surface area contributed by atoms with Gasteiger partial charge in [0.25, 0.3) is 0 Å². The van der Waals surface area contributed by atoms with E-state index in [2.05, 4.69) is 14.7 Å². The second-order valence-corrected chi connectivity index (χ2v) is 6.84. The predicted molar refractivity (Wildman–Crippen MR) is 86.4 cm³/mol. The van der Waals surface area contributed by atoms with Crippen LogP contribution >= 0.6 is 0 Å². The Morgan fingerprint density at radius 2 is 2.09 bits per heavy atom. The van der Waals surface area contributed by atoms with Crippen molar-refractivity contribution in [3.8, 4) is 0 Å². The summed E-state index contributed by atoms with van der Waals surface area (Å²) in [5.74, 6) is -0.0978. The molecule has 3 rings (SSSR count). The van der Waals surface area contributed by atoms with Crippen molar-refractivity contribution in [2.45, 2.75) is 12.3 Å². The van der Waals surface area contributed by atoms with Gasteiger partial charge >= 0.3 is 0 Å². The van der Waals surface area contributed by atoms with Crippen LogP contribution in [0, 0.1) is 0 Å². The van der Waals surface area contributed by atoms with Gasteiger partial charge in [-0.1, -0.05) is 12.1 Å². The van der Waals surface area contributed by atoms with E-state index < -0.39 is 10.0 Å². The molecule has 3 aromatic rings. The van der Waals surface area contributed by atoms with Crippen molar-refractivity contribution in [3.05, 3.63) is 59.9 Å². The summed E-state index contributed by atoms with van der Waals surface area (Å²) in [5, 5.41) is 0.911. The molecule has 4 N–H and O–H groups in total. The highest BCUT2D eigenvalue weighted by Crippen LogP contribution is 2.15. The van der Waals surface area contributed by atoms with Gasteiger partial charge in [0, 0.05) is 30.0 Å². The average molecular weight is 316 g/mol. The van der Waals surface area contributed by atoms with Gasteiger partial charge in [0.05, 0.1) is 5.75 Å². The number of sulfonamides is 1. The molecule has 0 spiro atoms. The van der Waals surface area contributed by atoms with E-state index in [1.807, 2.05) is 6.07 Å². The van der Waals surface area contributed by atoms with Crippen molar-refractivity contribution in [1.82, 2.24) is 14.7 Å². The van der Waals surface area contributed by atoms with Crippen molar-refractivity contribution in [2.75, 3.05) is 5.73 Å². The zero-order valence-corrected chi connectivity index (χ0v) is 12.6. The summed E-state index contributed by atoms with van der Waals surface area (Å²) in [6.07, 6.45) is 3.43. The van der Waals surface area contributed by atoms with Crippen LogP contribution in [0.25, 0.3) is 11.0 Å². The minimum atomic E-state index is -3.44. The number of fused-ring (bicyclic) bond motifs is 1. The molecule has 7 heteroatoms. The zero-order valence-electron chi connectivity index (χ0n) is 11.8. The SMILES string of the molecule is Nc1cccc(CS(=O)(=O)NCc2ccnc3[nH]ccc23)c1. The summed E-state index contributed by atoms with van der Waals surface area (Å²) >= 11 is 0. The molecule has 2 aromatic heterocycles. The summed E-state index contributed by atoms with van der Waals surface area (Å²) in [6.45, 7) is 0.224. The molecule has 0 amide bonds. The molecule has 0 radical (unpaired) electrons. The third-order valence-electron chi connectivity index (χ3n) is 3.34. The van der Waals surface area contributed by atoms with Crippen LogP contribution in [0.5, 0.6) is 0 Å². The topological polar surface area (TPSA) is 101 Å². The van der Waals surface area contributed by atoms with Crippen molar-refractivity contribution < 1.29 is 8.42 Å². The average Bonchev–Trinajstić information content (AvgIpc) is 2.93. The summed E-state index contributed by atoms with van der Waals surface area (Å²) in [5.41, 5.74) is 8.50. The van der Waals surface area contributed by atoms with Crippen LogP contribution < -0.4 is 10.5 Å². The molecule has 0 fully saturated rings. The number of anilines is 1. The number of benzene rings is 1. The first-order chi connectivity index (χ1) is 10.5. The van der Waals surface area contributed by atoms with E-state index in [4.69, 9.17) is 5.73 Å². The largest absolute Gasteiger partial charge is 0.399 e. The molecule has 0 aliphatic heterocycles.